The van der Waals surface area contributed by atoms with E-state index in [4.69, 9.17) is 0 Å². The number of carbonyl (C=O) groups excluding carboxylic acids is 1. The number of rotatable bonds is 7. The highest BCUT2D eigenvalue weighted by molar-refractivity contribution is 7.99. The van der Waals surface area contributed by atoms with Crippen LogP contribution in [0.1, 0.15) is 27.7 Å². The van der Waals surface area contributed by atoms with Crippen LogP contribution in [0.3, 0.4) is 0 Å². The molecule has 4 aromatic rings. The minimum Gasteiger partial charge on any atom is -0.342 e. The van der Waals surface area contributed by atoms with E-state index in [-0.39, 0.29) is 17.7 Å². The number of benzene rings is 2. The van der Waals surface area contributed by atoms with Crippen LogP contribution in [-0.2, 0) is 4.79 Å². The number of thioether (sulfide) groups is 1. The van der Waals surface area contributed by atoms with Gasteiger partial charge in [0.2, 0.25) is 5.91 Å². The lowest BCUT2D eigenvalue weighted by molar-refractivity contribution is -0.119. The molecule has 6 nitrogen and oxygen atoms in total. The molecule has 0 aliphatic rings. The van der Waals surface area contributed by atoms with Gasteiger partial charge in [0.05, 0.1) is 11.4 Å². The van der Waals surface area contributed by atoms with Crippen LogP contribution in [0.4, 0.5) is 0 Å². The fourth-order valence-corrected chi connectivity index (χ4v) is 4.65. The summed E-state index contributed by atoms with van der Waals surface area (Å²) in [5.74, 6) is 0.150. The third kappa shape index (κ3) is 4.60. The summed E-state index contributed by atoms with van der Waals surface area (Å²) in [4.78, 5) is 17.2. The molecule has 30 heavy (non-hydrogen) atoms. The number of amides is 1. The van der Waals surface area contributed by atoms with Gasteiger partial charge in [0.1, 0.15) is 17.4 Å². The first-order chi connectivity index (χ1) is 14.6. The molecular formula is C22H21N5OS2. The first kappa shape index (κ1) is 20.3. The first-order valence-electron chi connectivity index (χ1n) is 9.46. The number of nitrogens with one attached hydrogen (secondary N) is 1. The molecule has 1 atom stereocenters. The third-order valence-corrected chi connectivity index (χ3v) is 6.38. The Morgan fingerprint density at radius 1 is 1.20 bits per heavy atom. The van der Waals surface area contributed by atoms with Crippen molar-refractivity contribution < 1.29 is 4.79 Å². The average Bonchev–Trinajstić information content (AvgIpc) is 3.43. The minimum atomic E-state index is -0.267. The molecule has 0 aliphatic carbocycles. The van der Waals surface area contributed by atoms with Crippen molar-refractivity contribution >= 4 is 29.0 Å². The second-order valence-electron chi connectivity index (χ2n) is 6.84. The molecule has 0 saturated heterocycles. The molecule has 0 radical (unpaired) electrons. The lowest BCUT2D eigenvalue weighted by atomic mass is 10.1. The Labute approximate surface area is 183 Å². The van der Waals surface area contributed by atoms with Crippen molar-refractivity contribution in [2.75, 3.05) is 5.75 Å². The van der Waals surface area contributed by atoms with Crippen molar-refractivity contribution in [3.63, 3.8) is 0 Å². The largest absolute Gasteiger partial charge is 0.342 e. The van der Waals surface area contributed by atoms with Gasteiger partial charge in [-0.3, -0.25) is 9.36 Å². The van der Waals surface area contributed by atoms with Gasteiger partial charge in [0.15, 0.2) is 5.16 Å². The van der Waals surface area contributed by atoms with Gasteiger partial charge in [-0.1, -0.05) is 59.8 Å². The maximum atomic E-state index is 12.8. The molecule has 8 heteroatoms. The van der Waals surface area contributed by atoms with Crippen molar-refractivity contribution in [3.05, 3.63) is 88.1 Å². The van der Waals surface area contributed by atoms with Crippen molar-refractivity contribution in [1.29, 1.82) is 0 Å². The normalized spacial score (nSPS) is 11.9. The number of thiazole rings is 1. The molecule has 4 rings (SSSR count). The molecule has 0 aliphatic heterocycles. The summed E-state index contributed by atoms with van der Waals surface area (Å²) in [6.07, 6.45) is 3.43. The summed E-state index contributed by atoms with van der Waals surface area (Å²) >= 11 is 2.89. The van der Waals surface area contributed by atoms with Crippen molar-refractivity contribution in [2.45, 2.75) is 25.0 Å². The molecular weight excluding hydrogens is 414 g/mol. The molecule has 0 fully saturated rings. The van der Waals surface area contributed by atoms with E-state index >= 15 is 0 Å². The number of hydrogen-bond donors (Lipinski definition) is 1. The minimum absolute atomic E-state index is 0.0840. The quantitative estimate of drug-likeness (QED) is 0.437. The maximum Gasteiger partial charge on any atom is 0.231 e. The summed E-state index contributed by atoms with van der Waals surface area (Å²) < 4.78 is 1.92. The Morgan fingerprint density at radius 3 is 2.77 bits per heavy atom. The van der Waals surface area contributed by atoms with Crippen LogP contribution in [0.15, 0.2) is 71.6 Å². The van der Waals surface area contributed by atoms with Crippen LogP contribution in [0.5, 0.6) is 0 Å². The third-order valence-electron chi connectivity index (χ3n) is 4.60. The predicted molar refractivity (Wildman–Crippen MR) is 120 cm³/mol. The van der Waals surface area contributed by atoms with Gasteiger partial charge in [-0.15, -0.1) is 21.5 Å². The van der Waals surface area contributed by atoms with Gasteiger partial charge in [0.25, 0.3) is 0 Å². The lowest BCUT2D eigenvalue weighted by Crippen LogP contribution is -2.30. The van der Waals surface area contributed by atoms with Gasteiger partial charge in [-0.2, -0.15) is 0 Å². The summed E-state index contributed by atoms with van der Waals surface area (Å²) in [6, 6.07) is 15.8. The molecule has 152 valence electrons. The number of aryl methyl sites for hydroxylation is 2. The first-order valence-corrected chi connectivity index (χ1v) is 11.3. The van der Waals surface area contributed by atoms with Crippen molar-refractivity contribution in [1.82, 2.24) is 25.1 Å². The zero-order valence-electron chi connectivity index (χ0n) is 16.6. The summed E-state index contributed by atoms with van der Waals surface area (Å²) in [5.41, 5.74) is 4.35. The standard InChI is InChI=1S/C22H21N5OS2/c1-15-8-9-18(16(2)12-15)27-14-24-26-22(27)30-13-19(28)25-20(21-23-10-11-29-21)17-6-4-3-5-7-17/h3-12,14,20H,13H2,1-2H3,(H,25,28). The van der Waals surface area contributed by atoms with E-state index < -0.39 is 0 Å². The fraction of sp³-hybridized carbons (Fsp3) is 0.182. The summed E-state index contributed by atoms with van der Waals surface area (Å²) in [6.45, 7) is 4.12. The molecule has 1 N–H and O–H groups in total. The molecule has 2 heterocycles. The van der Waals surface area contributed by atoms with Gasteiger partial charge in [-0.05, 0) is 31.0 Å². The molecule has 2 aromatic heterocycles. The van der Waals surface area contributed by atoms with Gasteiger partial charge < -0.3 is 5.32 Å². The molecule has 0 saturated carbocycles. The smallest absolute Gasteiger partial charge is 0.231 e. The molecule has 0 bridgehead atoms. The van der Waals surface area contributed by atoms with E-state index in [9.17, 15) is 4.79 Å². The van der Waals surface area contributed by atoms with Crippen LogP contribution in [0.25, 0.3) is 5.69 Å². The maximum absolute atomic E-state index is 12.8. The Morgan fingerprint density at radius 2 is 2.03 bits per heavy atom. The Balaban J connectivity index is 1.47. The van der Waals surface area contributed by atoms with Crippen LogP contribution in [-0.4, -0.2) is 31.4 Å². The monoisotopic (exact) mass is 435 g/mol. The van der Waals surface area contributed by atoms with Gasteiger partial charge in [-0.25, -0.2) is 4.98 Å². The topological polar surface area (TPSA) is 72.7 Å². The number of hydrogen-bond acceptors (Lipinski definition) is 6. The van der Waals surface area contributed by atoms with Crippen molar-refractivity contribution in [2.24, 2.45) is 0 Å². The fourth-order valence-electron chi connectivity index (χ4n) is 3.21. The highest BCUT2D eigenvalue weighted by atomic mass is 32.2. The molecule has 0 spiro atoms. The van der Waals surface area contributed by atoms with Crippen molar-refractivity contribution in [3.8, 4) is 5.69 Å². The summed E-state index contributed by atoms with van der Waals surface area (Å²) in [7, 11) is 0. The Kier molecular flexibility index (Phi) is 6.25. The second kappa shape index (κ2) is 9.23. The van der Waals surface area contributed by atoms with Gasteiger partial charge >= 0.3 is 0 Å². The summed E-state index contributed by atoms with van der Waals surface area (Å²) in [5, 5.41) is 14.8. The van der Waals surface area contributed by atoms with E-state index in [0.29, 0.717) is 5.16 Å². The van der Waals surface area contributed by atoms with Gasteiger partial charge in [0, 0.05) is 11.6 Å². The van der Waals surface area contributed by atoms with E-state index in [0.717, 1.165) is 21.8 Å². The van der Waals surface area contributed by atoms with E-state index in [1.807, 2.05) is 46.3 Å². The van der Waals surface area contributed by atoms with E-state index in [1.54, 1.807) is 12.5 Å². The zero-order chi connectivity index (χ0) is 20.9. The molecule has 1 amide bonds. The van der Waals surface area contributed by atoms with E-state index in [1.165, 1.54) is 28.7 Å². The number of nitrogens with zero attached hydrogens (tertiary/aromatic N) is 4. The SMILES string of the molecule is Cc1ccc(-n2cnnc2SCC(=O)NC(c2ccccc2)c2nccs2)c(C)c1. The van der Waals surface area contributed by atoms with Crippen LogP contribution >= 0.6 is 23.1 Å². The highest BCUT2D eigenvalue weighted by Gasteiger charge is 2.20. The molecule has 1 unspecified atom stereocenters. The second-order valence-corrected chi connectivity index (χ2v) is 8.71. The van der Waals surface area contributed by atoms with Crippen LogP contribution < -0.4 is 5.32 Å². The predicted octanol–water partition coefficient (Wildman–Crippen LogP) is 4.34. The van der Waals surface area contributed by atoms with E-state index in [2.05, 4.69) is 46.5 Å². The Bertz CT molecular complexity index is 1130. The highest BCUT2D eigenvalue weighted by Crippen LogP contribution is 2.25. The lowest BCUT2D eigenvalue weighted by Gasteiger charge is -2.17. The zero-order valence-corrected chi connectivity index (χ0v) is 18.3. The Hall–Kier alpha value is -2.97. The number of carbonyl (C=O) groups is 1. The van der Waals surface area contributed by atoms with Crippen LogP contribution in [0, 0.1) is 13.8 Å². The molecule has 2 aromatic carbocycles. The number of aromatic nitrogens is 4. The van der Waals surface area contributed by atoms with Crippen LogP contribution in [0.2, 0.25) is 0 Å². The average molecular weight is 436 g/mol.